The summed E-state index contributed by atoms with van der Waals surface area (Å²) in [6.45, 7) is 2.48. The molecule has 3 aromatic carbocycles. The molecular weight excluding hydrogens is 455 g/mol. The Hall–Kier alpha value is -4.11. The number of hydrogen-bond donors (Lipinski definition) is 2. The average Bonchev–Trinajstić information content (AvgIpc) is 3.32. The summed E-state index contributed by atoms with van der Waals surface area (Å²) in [7, 11) is 0. The molecular formula is C25H21FN4O3S. The first-order valence-electron chi connectivity index (χ1n) is 10.4. The lowest BCUT2D eigenvalue weighted by molar-refractivity contribution is 0.0950. The van der Waals surface area contributed by atoms with Gasteiger partial charge in [0.05, 0.1) is 0 Å². The first-order valence-corrected chi connectivity index (χ1v) is 11.2. The number of halogens is 1. The maximum Gasteiger partial charge on any atom is 0.286 e. The number of nitrogens with zero attached hydrogens (tertiary/aromatic N) is 2. The lowest BCUT2D eigenvalue weighted by Crippen LogP contribution is -2.22. The lowest BCUT2D eigenvalue weighted by atomic mass is 10.1. The molecule has 0 fully saturated rings. The van der Waals surface area contributed by atoms with Crippen LogP contribution in [0.1, 0.15) is 36.3 Å². The molecule has 0 unspecified atom stereocenters. The van der Waals surface area contributed by atoms with Gasteiger partial charge in [0.25, 0.3) is 11.8 Å². The Balaban J connectivity index is 1.28. The monoisotopic (exact) mass is 476 g/mol. The molecule has 2 N–H and O–H groups in total. The van der Waals surface area contributed by atoms with E-state index in [4.69, 9.17) is 4.74 Å². The summed E-state index contributed by atoms with van der Waals surface area (Å²) in [5.41, 5.74) is 2.84. The molecule has 172 valence electrons. The van der Waals surface area contributed by atoms with Crippen molar-refractivity contribution < 1.29 is 18.7 Å². The molecule has 4 aromatic rings. The first kappa shape index (κ1) is 23.1. The van der Waals surface area contributed by atoms with Crippen LogP contribution in [0.3, 0.4) is 0 Å². The van der Waals surface area contributed by atoms with Crippen molar-refractivity contribution in [1.29, 1.82) is 0 Å². The Morgan fingerprint density at radius 1 is 0.971 bits per heavy atom. The van der Waals surface area contributed by atoms with Crippen LogP contribution in [0.2, 0.25) is 0 Å². The molecule has 0 saturated carbocycles. The summed E-state index contributed by atoms with van der Waals surface area (Å²) < 4.78 is 18.7. The summed E-state index contributed by atoms with van der Waals surface area (Å²) >= 11 is 1.15. The van der Waals surface area contributed by atoms with Crippen molar-refractivity contribution in [3.05, 3.63) is 105 Å². The Kier molecular flexibility index (Phi) is 7.24. The predicted octanol–water partition coefficient (Wildman–Crippen LogP) is 4.75. The molecule has 34 heavy (non-hydrogen) atoms. The minimum atomic E-state index is -0.396. The van der Waals surface area contributed by atoms with Gasteiger partial charge < -0.3 is 15.4 Å². The maximum atomic E-state index is 13.0. The summed E-state index contributed by atoms with van der Waals surface area (Å²) in [5.74, 6) is -0.270. The van der Waals surface area contributed by atoms with Crippen molar-refractivity contribution in [1.82, 2.24) is 15.5 Å². The van der Waals surface area contributed by atoms with Crippen molar-refractivity contribution in [3.63, 3.8) is 0 Å². The Bertz CT molecular complexity index is 1290. The van der Waals surface area contributed by atoms with Gasteiger partial charge in [-0.3, -0.25) is 9.59 Å². The zero-order valence-corrected chi connectivity index (χ0v) is 19.1. The van der Waals surface area contributed by atoms with Crippen LogP contribution in [0.4, 0.5) is 10.1 Å². The van der Waals surface area contributed by atoms with Crippen LogP contribution in [0.15, 0.2) is 72.8 Å². The van der Waals surface area contributed by atoms with Crippen LogP contribution in [0.25, 0.3) is 0 Å². The molecule has 1 aromatic heterocycles. The standard InChI is InChI=1S/C25H21FN4O3S/c1-16-3-2-4-21(13-16)33-15-22-29-30-25(34-22)24(32)28-20-11-7-18(8-12-20)23(31)27-14-17-5-9-19(26)10-6-17/h2-13H,14-15H2,1H3,(H,27,31)(H,28,32). The highest BCUT2D eigenvalue weighted by atomic mass is 32.1. The fourth-order valence-electron chi connectivity index (χ4n) is 3.03. The SMILES string of the molecule is Cc1cccc(OCc2nnc(C(=O)Nc3ccc(C(=O)NCc4ccc(F)cc4)cc3)s2)c1. The van der Waals surface area contributed by atoms with Crippen LogP contribution in [-0.2, 0) is 13.2 Å². The van der Waals surface area contributed by atoms with Gasteiger partial charge in [-0.1, -0.05) is 35.6 Å². The van der Waals surface area contributed by atoms with Gasteiger partial charge >= 0.3 is 0 Å². The van der Waals surface area contributed by atoms with E-state index in [0.717, 1.165) is 28.2 Å². The number of ether oxygens (including phenoxy) is 1. The van der Waals surface area contributed by atoms with Gasteiger partial charge in [0.15, 0.2) is 5.01 Å². The lowest BCUT2D eigenvalue weighted by Gasteiger charge is -2.07. The zero-order chi connectivity index (χ0) is 23.9. The van der Waals surface area contributed by atoms with Gasteiger partial charge in [-0.2, -0.15) is 0 Å². The summed E-state index contributed by atoms with van der Waals surface area (Å²) in [5, 5.41) is 14.3. The van der Waals surface area contributed by atoms with Gasteiger partial charge in [-0.25, -0.2) is 4.39 Å². The summed E-state index contributed by atoms with van der Waals surface area (Å²) in [4.78, 5) is 24.8. The van der Waals surface area contributed by atoms with Crippen molar-refractivity contribution in [3.8, 4) is 5.75 Å². The highest BCUT2D eigenvalue weighted by Gasteiger charge is 2.14. The van der Waals surface area contributed by atoms with Gasteiger partial charge in [0.2, 0.25) is 5.01 Å². The smallest absolute Gasteiger partial charge is 0.286 e. The number of amides is 2. The van der Waals surface area contributed by atoms with Gasteiger partial charge in [-0.15, -0.1) is 10.2 Å². The largest absolute Gasteiger partial charge is 0.486 e. The van der Waals surface area contributed by atoms with E-state index in [1.807, 2.05) is 31.2 Å². The van der Waals surface area contributed by atoms with Crippen LogP contribution < -0.4 is 15.4 Å². The van der Waals surface area contributed by atoms with Crippen LogP contribution in [0, 0.1) is 12.7 Å². The molecule has 0 spiro atoms. The van der Waals surface area contributed by atoms with E-state index in [0.29, 0.717) is 16.3 Å². The van der Waals surface area contributed by atoms with Crippen LogP contribution >= 0.6 is 11.3 Å². The highest BCUT2D eigenvalue weighted by molar-refractivity contribution is 7.13. The second-order valence-electron chi connectivity index (χ2n) is 7.45. The van der Waals surface area contributed by atoms with Gasteiger partial charge in [0, 0.05) is 17.8 Å². The van der Waals surface area contributed by atoms with Crippen molar-refractivity contribution in [2.45, 2.75) is 20.1 Å². The molecule has 2 amide bonds. The van der Waals surface area contributed by atoms with E-state index in [1.54, 1.807) is 36.4 Å². The molecule has 0 aliphatic carbocycles. The van der Waals surface area contributed by atoms with Gasteiger partial charge in [0.1, 0.15) is 18.2 Å². The van der Waals surface area contributed by atoms with Crippen LogP contribution in [-0.4, -0.2) is 22.0 Å². The topological polar surface area (TPSA) is 93.2 Å². The molecule has 9 heteroatoms. The predicted molar refractivity (Wildman–Crippen MR) is 127 cm³/mol. The van der Waals surface area contributed by atoms with Crippen molar-refractivity contribution in [2.24, 2.45) is 0 Å². The molecule has 7 nitrogen and oxygen atoms in total. The third kappa shape index (κ3) is 6.23. The van der Waals surface area contributed by atoms with Gasteiger partial charge in [-0.05, 0) is 66.6 Å². The Labute approximate surface area is 199 Å². The molecule has 0 aliphatic rings. The second-order valence-corrected chi connectivity index (χ2v) is 8.51. The van der Waals surface area contributed by atoms with E-state index in [1.165, 1.54) is 12.1 Å². The Morgan fingerprint density at radius 3 is 2.47 bits per heavy atom. The number of aryl methyl sites for hydroxylation is 1. The van der Waals surface area contributed by atoms with E-state index >= 15 is 0 Å². The number of aromatic nitrogens is 2. The number of carbonyl (C=O) groups excluding carboxylic acids is 2. The summed E-state index contributed by atoms with van der Waals surface area (Å²) in [6.07, 6.45) is 0. The van der Waals surface area contributed by atoms with E-state index in [-0.39, 0.29) is 29.9 Å². The highest BCUT2D eigenvalue weighted by Crippen LogP contribution is 2.18. The third-order valence-electron chi connectivity index (χ3n) is 4.78. The average molecular weight is 477 g/mol. The number of benzene rings is 3. The fraction of sp³-hybridized carbons (Fsp3) is 0.120. The number of nitrogens with one attached hydrogen (secondary N) is 2. The normalized spacial score (nSPS) is 10.5. The molecule has 1 heterocycles. The number of anilines is 1. The van der Waals surface area contributed by atoms with E-state index in [2.05, 4.69) is 20.8 Å². The molecule has 4 rings (SSSR count). The summed E-state index contributed by atoms with van der Waals surface area (Å²) in [6, 6.07) is 20.1. The molecule has 0 aliphatic heterocycles. The maximum absolute atomic E-state index is 13.0. The number of carbonyl (C=O) groups is 2. The third-order valence-corrected chi connectivity index (χ3v) is 5.68. The second kappa shape index (κ2) is 10.7. The molecule has 0 radical (unpaired) electrons. The minimum absolute atomic E-state index is 0.212. The Morgan fingerprint density at radius 2 is 1.74 bits per heavy atom. The van der Waals surface area contributed by atoms with Crippen molar-refractivity contribution >= 4 is 28.8 Å². The zero-order valence-electron chi connectivity index (χ0n) is 18.2. The van der Waals surface area contributed by atoms with Crippen molar-refractivity contribution in [2.75, 3.05) is 5.32 Å². The molecule has 0 bridgehead atoms. The minimum Gasteiger partial charge on any atom is -0.486 e. The molecule has 0 atom stereocenters. The van der Waals surface area contributed by atoms with E-state index in [9.17, 15) is 14.0 Å². The fourth-order valence-corrected chi connectivity index (χ4v) is 3.68. The van der Waals surface area contributed by atoms with Crippen LogP contribution in [0.5, 0.6) is 5.75 Å². The number of hydrogen-bond acceptors (Lipinski definition) is 6. The van der Waals surface area contributed by atoms with E-state index < -0.39 is 5.91 Å². The first-order chi connectivity index (χ1) is 16.5. The quantitative estimate of drug-likeness (QED) is 0.383. The molecule has 0 saturated heterocycles. The number of rotatable bonds is 8.